The first-order chi connectivity index (χ1) is 8.17. The molecule has 0 aliphatic heterocycles. The molecule has 1 aromatic rings. The Bertz CT molecular complexity index is 336. The lowest BCUT2D eigenvalue weighted by Gasteiger charge is -2.21. The fourth-order valence-electron chi connectivity index (χ4n) is 1.93. The van der Waals surface area contributed by atoms with E-state index in [0.29, 0.717) is 0 Å². The molecule has 17 heavy (non-hydrogen) atoms. The average molecular weight is 298 g/mol. The number of hydrogen-bond donors (Lipinski definition) is 0. The summed E-state index contributed by atoms with van der Waals surface area (Å²) < 4.78 is 0. The van der Waals surface area contributed by atoms with Crippen LogP contribution in [-0.2, 0) is 6.54 Å². The molecule has 0 aliphatic rings. The molecule has 1 rings (SSSR count). The molecule has 0 aromatic heterocycles. The van der Waals surface area contributed by atoms with E-state index in [-0.39, 0.29) is 0 Å². The van der Waals surface area contributed by atoms with Gasteiger partial charge < -0.3 is 0 Å². The number of hydrogen-bond acceptors (Lipinski definition) is 1. The Hall–Kier alpha value is -0.340. The van der Waals surface area contributed by atoms with Gasteiger partial charge in [-0.05, 0) is 43.5 Å². The molecule has 0 spiro atoms. The van der Waals surface area contributed by atoms with Gasteiger partial charge in [-0.3, -0.25) is 4.90 Å². The van der Waals surface area contributed by atoms with E-state index in [0.717, 1.165) is 18.4 Å². The molecule has 1 aromatic carbocycles. The number of halogens is 1. The third kappa shape index (κ3) is 5.22. The predicted octanol–water partition coefficient (Wildman–Crippen LogP) is 4.30. The van der Waals surface area contributed by atoms with E-state index in [1.165, 1.54) is 36.1 Å². The molecule has 0 bridgehead atoms. The van der Waals surface area contributed by atoms with Crippen LogP contribution >= 0.6 is 15.9 Å². The van der Waals surface area contributed by atoms with E-state index >= 15 is 0 Å². The van der Waals surface area contributed by atoms with Crippen LogP contribution in [0.2, 0.25) is 0 Å². The minimum atomic E-state index is 1.06. The number of alkyl halides is 1. The van der Waals surface area contributed by atoms with Crippen LogP contribution in [0.25, 0.3) is 0 Å². The van der Waals surface area contributed by atoms with Gasteiger partial charge in [-0.2, -0.15) is 0 Å². The van der Waals surface area contributed by atoms with Crippen molar-refractivity contribution in [3.63, 3.8) is 0 Å². The van der Waals surface area contributed by atoms with Gasteiger partial charge in [0.1, 0.15) is 0 Å². The Morgan fingerprint density at radius 2 is 1.88 bits per heavy atom. The molecule has 1 nitrogen and oxygen atoms in total. The summed E-state index contributed by atoms with van der Waals surface area (Å²) >= 11 is 3.54. The van der Waals surface area contributed by atoms with Crippen molar-refractivity contribution >= 4 is 15.9 Å². The molecule has 0 saturated heterocycles. The molecule has 0 atom stereocenters. The maximum atomic E-state index is 3.54. The van der Waals surface area contributed by atoms with Crippen LogP contribution in [-0.4, -0.2) is 23.3 Å². The van der Waals surface area contributed by atoms with Gasteiger partial charge in [0.15, 0.2) is 0 Å². The zero-order valence-electron chi connectivity index (χ0n) is 11.3. The van der Waals surface area contributed by atoms with Gasteiger partial charge in [0.25, 0.3) is 0 Å². The molecule has 0 saturated carbocycles. The highest BCUT2D eigenvalue weighted by atomic mass is 79.9. The van der Waals surface area contributed by atoms with Crippen LogP contribution in [0.3, 0.4) is 0 Å². The molecule has 0 radical (unpaired) electrons. The molecular weight excluding hydrogens is 274 g/mol. The highest BCUT2D eigenvalue weighted by Gasteiger charge is 2.05. The maximum Gasteiger partial charge on any atom is 0.0234 e. The molecule has 0 N–H and O–H groups in total. The van der Waals surface area contributed by atoms with Gasteiger partial charge in [-0.15, -0.1) is 0 Å². The fraction of sp³-hybridized carbons (Fsp3) is 0.600. The predicted molar refractivity (Wildman–Crippen MR) is 79.9 cm³/mol. The smallest absolute Gasteiger partial charge is 0.0234 e. The molecule has 0 unspecified atom stereocenters. The molecule has 0 aliphatic carbocycles. The van der Waals surface area contributed by atoms with Crippen molar-refractivity contribution in [2.24, 2.45) is 0 Å². The van der Waals surface area contributed by atoms with E-state index in [4.69, 9.17) is 0 Å². The molecule has 0 heterocycles. The van der Waals surface area contributed by atoms with Crippen LogP contribution in [0.1, 0.15) is 36.5 Å². The number of aryl methyl sites for hydroxylation is 2. The summed E-state index contributed by atoms with van der Waals surface area (Å²) in [6.07, 6.45) is 2.56. The lowest BCUT2D eigenvalue weighted by Crippen LogP contribution is -2.26. The molecule has 0 amide bonds. The fourth-order valence-corrected chi connectivity index (χ4v) is 2.43. The minimum absolute atomic E-state index is 1.06. The number of unbranched alkanes of at least 4 members (excludes halogenated alkanes) is 1. The van der Waals surface area contributed by atoms with E-state index in [1.54, 1.807) is 0 Å². The summed E-state index contributed by atoms with van der Waals surface area (Å²) in [5.41, 5.74) is 4.22. The quantitative estimate of drug-likeness (QED) is 0.678. The van der Waals surface area contributed by atoms with Gasteiger partial charge in [-0.1, -0.05) is 47.5 Å². The van der Waals surface area contributed by atoms with Crippen molar-refractivity contribution < 1.29 is 0 Å². The van der Waals surface area contributed by atoms with E-state index in [1.807, 2.05) is 0 Å². The monoisotopic (exact) mass is 297 g/mol. The zero-order chi connectivity index (χ0) is 12.7. The highest BCUT2D eigenvalue weighted by molar-refractivity contribution is 9.09. The summed E-state index contributed by atoms with van der Waals surface area (Å²) in [7, 11) is 0. The van der Waals surface area contributed by atoms with Crippen LogP contribution in [0.4, 0.5) is 0 Å². The van der Waals surface area contributed by atoms with Crippen molar-refractivity contribution in [1.29, 1.82) is 0 Å². The van der Waals surface area contributed by atoms with Gasteiger partial charge in [0.05, 0.1) is 0 Å². The van der Waals surface area contributed by atoms with Crippen LogP contribution in [0.15, 0.2) is 18.2 Å². The molecule has 96 valence electrons. The van der Waals surface area contributed by atoms with E-state index in [2.05, 4.69) is 59.8 Å². The summed E-state index contributed by atoms with van der Waals surface area (Å²) in [5, 5.41) is 1.06. The highest BCUT2D eigenvalue weighted by Crippen LogP contribution is 2.12. The Morgan fingerprint density at radius 3 is 2.47 bits per heavy atom. The Balaban J connectivity index is 2.61. The third-order valence-corrected chi connectivity index (χ3v) is 3.56. The van der Waals surface area contributed by atoms with Crippen molar-refractivity contribution in [3.05, 3.63) is 34.9 Å². The van der Waals surface area contributed by atoms with Crippen LogP contribution < -0.4 is 0 Å². The zero-order valence-corrected chi connectivity index (χ0v) is 12.9. The Kier molecular flexibility index (Phi) is 6.83. The second-order valence-corrected chi connectivity index (χ2v) is 5.53. The lowest BCUT2D eigenvalue weighted by atomic mass is 10.1. The number of nitrogens with zero attached hydrogens (tertiary/aromatic N) is 1. The van der Waals surface area contributed by atoms with Crippen molar-refractivity contribution in [2.45, 2.75) is 40.2 Å². The largest absolute Gasteiger partial charge is 0.298 e. The molecule has 2 heteroatoms. The van der Waals surface area contributed by atoms with Crippen LogP contribution in [0.5, 0.6) is 0 Å². The number of benzene rings is 1. The standard InChI is InChI=1S/C15H24BrN/c1-4-5-9-17(10-8-16)12-15-7-6-13(2)14(3)11-15/h6-7,11H,4-5,8-10,12H2,1-3H3. The minimum Gasteiger partial charge on any atom is -0.298 e. The maximum absolute atomic E-state index is 3.54. The molecule has 0 fully saturated rings. The van der Waals surface area contributed by atoms with Gasteiger partial charge in [0, 0.05) is 18.4 Å². The average Bonchev–Trinajstić information content (AvgIpc) is 2.31. The van der Waals surface area contributed by atoms with Gasteiger partial charge in [0.2, 0.25) is 0 Å². The summed E-state index contributed by atoms with van der Waals surface area (Å²) in [5.74, 6) is 0. The van der Waals surface area contributed by atoms with Crippen LogP contribution in [0, 0.1) is 13.8 Å². The Labute approximate surface area is 114 Å². The SMILES string of the molecule is CCCCN(CCBr)Cc1ccc(C)c(C)c1. The first kappa shape index (κ1) is 14.7. The second-order valence-electron chi connectivity index (χ2n) is 4.74. The third-order valence-electron chi connectivity index (χ3n) is 3.21. The second kappa shape index (κ2) is 7.88. The molecular formula is C15H24BrN. The first-order valence-electron chi connectivity index (χ1n) is 6.51. The van der Waals surface area contributed by atoms with Gasteiger partial charge in [-0.25, -0.2) is 0 Å². The lowest BCUT2D eigenvalue weighted by molar-refractivity contribution is 0.278. The normalized spacial score (nSPS) is 11.1. The summed E-state index contributed by atoms with van der Waals surface area (Å²) in [6.45, 7) is 10.0. The summed E-state index contributed by atoms with van der Waals surface area (Å²) in [6, 6.07) is 6.81. The van der Waals surface area contributed by atoms with Crippen molar-refractivity contribution in [2.75, 3.05) is 18.4 Å². The van der Waals surface area contributed by atoms with Crippen molar-refractivity contribution in [1.82, 2.24) is 4.90 Å². The summed E-state index contributed by atoms with van der Waals surface area (Å²) in [4.78, 5) is 2.53. The number of rotatable bonds is 7. The Morgan fingerprint density at radius 1 is 1.12 bits per heavy atom. The topological polar surface area (TPSA) is 3.24 Å². The van der Waals surface area contributed by atoms with Crippen molar-refractivity contribution in [3.8, 4) is 0 Å². The van der Waals surface area contributed by atoms with Gasteiger partial charge >= 0.3 is 0 Å². The van der Waals surface area contributed by atoms with E-state index < -0.39 is 0 Å². The first-order valence-corrected chi connectivity index (χ1v) is 7.64. The van der Waals surface area contributed by atoms with E-state index in [9.17, 15) is 0 Å².